The minimum atomic E-state index is 0.00424. The number of nitrogens with two attached hydrogens (primary N) is 1. The van der Waals surface area contributed by atoms with Crippen LogP contribution in [0.25, 0.3) is 0 Å². The molecule has 2 fully saturated rings. The third kappa shape index (κ3) is 2.58. The van der Waals surface area contributed by atoms with E-state index in [1.807, 2.05) is 0 Å². The van der Waals surface area contributed by atoms with Gasteiger partial charge in [0.1, 0.15) is 0 Å². The van der Waals surface area contributed by atoms with Crippen molar-refractivity contribution < 1.29 is 4.74 Å². The number of rotatable bonds is 3. The van der Waals surface area contributed by atoms with E-state index >= 15 is 0 Å². The van der Waals surface area contributed by atoms with E-state index in [1.54, 1.807) is 0 Å². The first-order chi connectivity index (χ1) is 7.64. The van der Waals surface area contributed by atoms with Crippen molar-refractivity contribution in [1.82, 2.24) is 4.90 Å². The molecular weight excluding hydrogens is 200 g/mol. The highest BCUT2D eigenvalue weighted by Gasteiger charge is 2.36. The first kappa shape index (κ1) is 12.3. The SMILES string of the molecule is CCC1CCC(C)N1CC1(N)CCOCC1. The van der Waals surface area contributed by atoms with Crippen molar-refractivity contribution >= 4 is 0 Å². The molecule has 2 rings (SSSR count). The molecule has 0 bridgehead atoms. The minimum Gasteiger partial charge on any atom is -0.381 e. The monoisotopic (exact) mass is 226 g/mol. The van der Waals surface area contributed by atoms with E-state index in [-0.39, 0.29) is 5.54 Å². The number of hydrogen-bond donors (Lipinski definition) is 1. The fraction of sp³-hybridized carbons (Fsp3) is 1.00. The van der Waals surface area contributed by atoms with E-state index in [9.17, 15) is 0 Å². The smallest absolute Gasteiger partial charge is 0.0484 e. The zero-order valence-corrected chi connectivity index (χ0v) is 10.7. The minimum absolute atomic E-state index is 0.00424. The molecule has 16 heavy (non-hydrogen) atoms. The molecule has 2 aliphatic heterocycles. The zero-order chi connectivity index (χ0) is 11.6. The first-order valence-corrected chi connectivity index (χ1v) is 6.77. The lowest BCUT2D eigenvalue weighted by Crippen LogP contribution is -2.55. The lowest BCUT2D eigenvalue weighted by Gasteiger charge is -2.40. The summed E-state index contributed by atoms with van der Waals surface area (Å²) < 4.78 is 5.41. The van der Waals surface area contributed by atoms with Gasteiger partial charge in [-0.3, -0.25) is 4.90 Å². The van der Waals surface area contributed by atoms with Gasteiger partial charge in [0.2, 0.25) is 0 Å². The Labute approximate surface area is 99.3 Å². The third-order valence-electron chi connectivity index (χ3n) is 4.41. The maximum absolute atomic E-state index is 6.50. The summed E-state index contributed by atoms with van der Waals surface area (Å²) in [4.78, 5) is 2.64. The van der Waals surface area contributed by atoms with Crippen molar-refractivity contribution in [2.24, 2.45) is 5.73 Å². The topological polar surface area (TPSA) is 38.5 Å². The number of ether oxygens (including phenoxy) is 1. The second kappa shape index (κ2) is 5.03. The maximum Gasteiger partial charge on any atom is 0.0484 e. The molecule has 0 saturated carbocycles. The highest BCUT2D eigenvalue weighted by molar-refractivity contribution is 4.95. The van der Waals surface area contributed by atoms with Crippen LogP contribution in [0.4, 0.5) is 0 Å². The fourth-order valence-electron chi connectivity index (χ4n) is 3.15. The Kier molecular flexibility index (Phi) is 3.88. The van der Waals surface area contributed by atoms with Gasteiger partial charge in [0, 0.05) is 37.4 Å². The Hall–Kier alpha value is -0.120. The lowest BCUT2D eigenvalue weighted by atomic mass is 9.90. The molecule has 0 aromatic carbocycles. The van der Waals surface area contributed by atoms with Crippen molar-refractivity contribution in [3.05, 3.63) is 0 Å². The van der Waals surface area contributed by atoms with E-state index in [4.69, 9.17) is 10.5 Å². The van der Waals surface area contributed by atoms with Crippen LogP contribution in [0, 0.1) is 0 Å². The van der Waals surface area contributed by atoms with Gasteiger partial charge in [0.05, 0.1) is 0 Å². The number of hydrogen-bond acceptors (Lipinski definition) is 3. The normalized spacial score (nSPS) is 35.4. The third-order valence-corrected chi connectivity index (χ3v) is 4.41. The summed E-state index contributed by atoms with van der Waals surface area (Å²) >= 11 is 0. The summed E-state index contributed by atoms with van der Waals surface area (Å²) in [7, 11) is 0. The lowest BCUT2D eigenvalue weighted by molar-refractivity contribution is 0.0297. The van der Waals surface area contributed by atoms with E-state index in [0.29, 0.717) is 6.04 Å². The summed E-state index contributed by atoms with van der Waals surface area (Å²) in [6, 6.07) is 1.48. The standard InChI is InChI=1S/C13H26N2O/c1-3-12-5-4-11(2)15(12)10-13(14)6-8-16-9-7-13/h11-12H,3-10,14H2,1-2H3. The van der Waals surface area contributed by atoms with Crippen LogP contribution < -0.4 is 5.73 Å². The van der Waals surface area contributed by atoms with Crippen molar-refractivity contribution in [3.8, 4) is 0 Å². The molecule has 2 N–H and O–H groups in total. The molecule has 0 radical (unpaired) electrons. The molecule has 2 aliphatic rings. The van der Waals surface area contributed by atoms with Crippen LogP contribution in [-0.4, -0.2) is 42.3 Å². The molecule has 0 spiro atoms. The Morgan fingerprint density at radius 2 is 2.00 bits per heavy atom. The molecule has 2 unspecified atom stereocenters. The van der Waals surface area contributed by atoms with Gasteiger partial charge in [0.25, 0.3) is 0 Å². The Morgan fingerprint density at radius 3 is 2.62 bits per heavy atom. The molecule has 0 aliphatic carbocycles. The first-order valence-electron chi connectivity index (χ1n) is 6.77. The van der Waals surface area contributed by atoms with Gasteiger partial charge in [-0.15, -0.1) is 0 Å². The van der Waals surface area contributed by atoms with Crippen LogP contribution >= 0.6 is 0 Å². The van der Waals surface area contributed by atoms with Gasteiger partial charge >= 0.3 is 0 Å². The predicted molar refractivity (Wildman–Crippen MR) is 66.5 cm³/mol. The molecule has 2 atom stereocenters. The van der Waals surface area contributed by atoms with Crippen molar-refractivity contribution in [2.75, 3.05) is 19.8 Å². The van der Waals surface area contributed by atoms with Crippen LogP contribution in [0.2, 0.25) is 0 Å². The maximum atomic E-state index is 6.50. The molecule has 0 amide bonds. The average Bonchev–Trinajstić information content (AvgIpc) is 2.61. The molecule has 2 saturated heterocycles. The van der Waals surface area contributed by atoms with Gasteiger partial charge in [-0.25, -0.2) is 0 Å². The summed E-state index contributed by atoms with van der Waals surface area (Å²) in [6.07, 6.45) is 5.99. The molecule has 94 valence electrons. The molecule has 3 heteroatoms. The van der Waals surface area contributed by atoms with Crippen molar-refractivity contribution in [1.29, 1.82) is 0 Å². The van der Waals surface area contributed by atoms with Gasteiger partial charge in [-0.05, 0) is 39.0 Å². The molecule has 0 aromatic rings. The molecular formula is C13H26N2O. The van der Waals surface area contributed by atoms with E-state index in [2.05, 4.69) is 18.7 Å². The molecule has 0 aromatic heterocycles. The quantitative estimate of drug-likeness (QED) is 0.797. The Morgan fingerprint density at radius 1 is 1.31 bits per heavy atom. The molecule has 3 nitrogen and oxygen atoms in total. The van der Waals surface area contributed by atoms with Crippen molar-refractivity contribution in [2.45, 2.75) is 63.6 Å². The van der Waals surface area contributed by atoms with Crippen LogP contribution in [0.1, 0.15) is 46.0 Å². The van der Waals surface area contributed by atoms with Gasteiger partial charge < -0.3 is 10.5 Å². The average molecular weight is 226 g/mol. The summed E-state index contributed by atoms with van der Waals surface area (Å²) in [5.74, 6) is 0. The van der Waals surface area contributed by atoms with E-state index < -0.39 is 0 Å². The predicted octanol–water partition coefficient (Wildman–Crippen LogP) is 1.76. The zero-order valence-electron chi connectivity index (χ0n) is 10.7. The van der Waals surface area contributed by atoms with Crippen LogP contribution in [0.15, 0.2) is 0 Å². The van der Waals surface area contributed by atoms with Gasteiger partial charge in [0.15, 0.2) is 0 Å². The van der Waals surface area contributed by atoms with E-state index in [0.717, 1.165) is 38.6 Å². The Balaban J connectivity index is 1.96. The van der Waals surface area contributed by atoms with Crippen molar-refractivity contribution in [3.63, 3.8) is 0 Å². The van der Waals surface area contributed by atoms with Crippen LogP contribution in [0.3, 0.4) is 0 Å². The summed E-state index contributed by atoms with van der Waals surface area (Å²) in [6.45, 7) is 7.39. The fourth-order valence-corrected chi connectivity index (χ4v) is 3.15. The van der Waals surface area contributed by atoms with E-state index in [1.165, 1.54) is 19.3 Å². The second-order valence-electron chi connectivity index (χ2n) is 5.64. The number of likely N-dealkylation sites (tertiary alicyclic amines) is 1. The summed E-state index contributed by atoms with van der Waals surface area (Å²) in [5.41, 5.74) is 6.50. The highest BCUT2D eigenvalue weighted by Crippen LogP contribution is 2.29. The summed E-state index contributed by atoms with van der Waals surface area (Å²) in [5, 5.41) is 0. The van der Waals surface area contributed by atoms with Gasteiger partial charge in [-0.1, -0.05) is 6.92 Å². The van der Waals surface area contributed by atoms with Crippen LogP contribution in [0.5, 0.6) is 0 Å². The Bertz CT molecular complexity index is 226. The molecule has 2 heterocycles. The largest absolute Gasteiger partial charge is 0.381 e. The van der Waals surface area contributed by atoms with Crippen LogP contribution in [-0.2, 0) is 4.74 Å². The van der Waals surface area contributed by atoms with Gasteiger partial charge in [-0.2, -0.15) is 0 Å². The second-order valence-corrected chi connectivity index (χ2v) is 5.64. The highest BCUT2D eigenvalue weighted by atomic mass is 16.5. The number of nitrogens with zero attached hydrogens (tertiary/aromatic N) is 1.